The Balaban J connectivity index is 1.62. The molecule has 0 saturated heterocycles. The molecule has 1 aliphatic carbocycles. The molecule has 1 fully saturated rings. The van der Waals surface area contributed by atoms with Crippen LogP contribution in [0.3, 0.4) is 0 Å². The second kappa shape index (κ2) is 7.30. The van der Waals surface area contributed by atoms with Gasteiger partial charge >= 0.3 is 0 Å². The fourth-order valence-electron chi connectivity index (χ4n) is 5.43. The van der Waals surface area contributed by atoms with Gasteiger partial charge in [0.15, 0.2) is 0 Å². The first-order valence-corrected chi connectivity index (χ1v) is 11.5. The van der Waals surface area contributed by atoms with E-state index in [0.29, 0.717) is 0 Å². The van der Waals surface area contributed by atoms with Gasteiger partial charge in [0.05, 0.1) is 13.2 Å². The van der Waals surface area contributed by atoms with Crippen molar-refractivity contribution in [1.82, 2.24) is 0 Å². The Morgan fingerprint density at radius 3 is 1.65 bits per heavy atom. The van der Waals surface area contributed by atoms with Crippen molar-refractivity contribution in [2.75, 3.05) is 13.2 Å². The van der Waals surface area contributed by atoms with Crippen molar-refractivity contribution in [1.29, 1.82) is 0 Å². The fraction of sp³-hybridized carbons (Fsp3) is 0.310. The number of rotatable bonds is 0. The van der Waals surface area contributed by atoms with Gasteiger partial charge in [-0.2, -0.15) is 0 Å². The first-order valence-electron chi connectivity index (χ1n) is 11.5. The zero-order valence-electron chi connectivity index (χ0n) is 18.1. The van der Waals surface area contributed by atoms with Crippen LogP contribution in [0.2, 0.25) is 0 Å². The van der Waals surface area contributed by atoms with Crippen LogP contribution in [0.25, 0.3) is 32.7 Å². The Kier molecular flexibility index (Phi) is 4.41. The summed E-state index contributed by atoms with van der Waals surface area (Å²) in [5.41, 5.74) is 2.40. The maximum atomic E-state index is 6.67. The Morgan fingerprint density at radius 1 is 0.645 bits per heavy atom. The molecular formula is C29H28O2. The number of fused-ring (bicyclic) bond motifs is 7. The topological polar surface area (TPSA) is 18.5 Å². The summed E-state index contributed by atoms with van der Waals surface area (Å²) in [4.78, 5) is 0. The third-order valence-corrected chi connectivity index (χ3v) is 7.43. The predicted molar refractivity (Wildman–Crippen MR) is 128 cm³/mol. The van der Waals surface area contributed by atoms with E-state index < -0.39 is 0 Å². The lowest BCUT2D eigenvalue weighted by Crippen LogP contribution is -2.38. The molecule has 0 aromatic heterocycles. The summed E-state index contributed by atoms with van der Waals surface area (Å²) in [7, 11) is 0. The standard InChI is InChI=1S/C29H28O2/c1-20-14-16-29(17-15-20)18-30-25-12-10-21-6-2-4-8-23(21)27(25)28-24-9-5-3-7-22(24)11-13-26(28)31-19-29/h2-13,20H,14-19H2,1H3. The molecule has 0 amide bonds. The highest BCUT2D eigenvalue weighted by molar-refractivity contribution is 6.09. The van der Waals surface area contributed by atoms with Gasteiger partial charge in [0, 0.05) is 16.5 Å². The molecule has 0 N–H and O–H groups in total. The highest BCUT2D eigenvalue weighted by Gasteiger charge is 2.37. The normalized spacial score (nSPS) is 18.4. The molecule has 1 spiro atoms. The van der Waals surface area contributed by atoms with Gasteiger partial charge in [0.2, 0.25) is 0 Å². The predicted octanol–water partition coefficient (Wildman–Crippen LogP) is 7.63. The minimum absolute atomic E-state index is 0.0860. The zero-order valence-corrected chi connectivity index (χ0v) is 18.1. The van der Waals surface area contributed by atoms with Crippen LogP contribution < -0.4 is 9.47 Å². The number of ether oxygens (including phenoxy) is 2. The largest absolute Gasteiger partial charge is 0.492 e. The van der Waals surface area contributed by atoms with E-state index in [4.69, 9.17) is 9.47 Å². The average molecular weight is 409 g/mol. The Labute approximate surface area is 183 Å². The van der Waals surface area contributed by atoms with Gasteiger partial charge in [-0.25, -0.2) is 0 Å². The van der Waals surface area contributed by atoms with Gasteiger partial charge in [-0.1, -0.05) is 67.6 Å². The van der Waals surface area contributed by atoms with Crippen molar-refractivity contribution in [2.24, 2.45) is 11.3 Å². The summed E-state index contributed by atoms with van der Waals surface area (Å²) in [5, 5.41) is 4.89. The van der Waals surface area contributed by atoms with Gasteiger partial charge < -0.3 is 9.47 Å². The molecule has 31 heavy (non-hydrogen) atoms. The molecular weight excluding hydrogens is 380 g/mol. The number of hydrogen-bond acceptors (Lipinski definition) is 2. The minimum Gasteiger partial charge on any atom is -0.492 e. The first-order chi connectivity index (χ1) is 15.2. The van der Waals surface area contributed by atoms with Crippen LogP contribution in [-0.4, -0.2) is 13.2 Å². The van der Waals surface area contributed by atoms with Crippen molar-refractivity contribution in [3.05, 3.63) is 72.8 Å². The van der Waals surface area contributed by atoms with Crippen LogP contribution >= 0.6 is 0 Å². The third-order valence-electron chi connectivity index (χ3n) is 7.43. The molecule has 0 radical (unpaired) electrons. The molecule has 0 bridgehead atoms. The van der Waals surface area contributed by atoms with E-state index in [-0.39, 0.29) is 5.41 Å². The third kappa shape index (κ3) is 3.17. The molecule has 1 saturated carbocycles. The van der Waals surface area contributed by atoms with E-state index in [1.54, 1.807) is 0 Å². The monoisotopic (exact) mass is 408 g/mol. The Hall–Kier alpha value is -3.00. The molecule has 4 aromatic rings. The van der Waals surface area contributed by atoms with E-state index in [1.807, 2.05) is 0 Å². The van der Waals surface area contributed by atoms with E-state index in [2.05, 4.69) is 79.7 Å². The first kappa shape index (κ1) is 18.7. The van der Waals surface area contributed by atoms with E-state index >= 15 is 0 Å². The van der Waals surface area contributed by atoms with Gasteiger partial charge in [0.1, 0.15) is 11.5 Å². The summed E-state index contributed by atoms with van der Waals surface area (Å²) in [6.45, 7) is 3.81. The molecule has 4 aromatic carbocycles. The second-order valence-electron chi connectivity index (χ2n) is 9.58. The molecule has 1 heterocycles. The molecule has 2 nitrogen and oxygen atoms in total. The smallest absolute Gasteiger partial charge is 0.127 e. The van der Waals surface area contributed by atoms with E-state index in [9.17, 15) is 0 Å². The second-order valence-corrected chi connectivity index (χ2v) is 9.58. The quantitative estimate of drug-likeness (QED) is 0.298. The summed E-state index contributed by atoms with van der Waals surface area (Å²) < 4.78 is 13.3. The molecule has 0 unspecified atom stereocenters. The molecule has 2 heteroatoms. The van der Waals surface area contributed by atoms with Crippen molar-refractivity contribution >= 4 is 21.5 Å². The maximum Gasteiger partial charge on any atom is 0.127 e. The number of hydrogen-bond donors (Lipinski definition) is 0. The number of benzene rings is 4. The summed E-state index contributed by atoms with van der Waals surface area (Å²) >= 11 is 0. The van der Waals surface area contributed by atoms with Crippen LogP contribution in [0.1, 0.15) is 32.6 Å². The van der Waals surface area contributed by atoms with Crippen LogP contribution in [0.4, 0.5) is 0 Å². The Bertz CT molecular complexity index is 1170. The van der Waals surface area contributed by atoms with Crippen LogP contribution in [0, 0.1) is 11.3 Å². The lowest BCUT2D eigenvalue weighted by Gasteiger charge is -2.38. The molecule has 156 valence electrons. The van der Waals surface area contributed by atoms with E-state index in [1.165, 1.54) is 47.2 Å². The van der Waals surface area contributed by atoms with Gasteiger partial charge in [-0.15, -0.1) is 0 Å². The molecule has 6 rings (SSSR count). The summed E-state index contributed by atoms with van der Waals surface area (Å²) in [6, 6.07) is 25.9. The molecule has 1 aliphatic heterocycles. The lowest BCUT2D eigenvalue weighted by molar-refractivity contribution is 0.0336. The highest BCUT2D eigenvalue weighted by atomic mass is 16.5. The molecule has 0 atom stereocenters. The average Bonchev–Trinajstić information content (AvgIpc) is 2.88. The fourth-order valence-corrected chi connectivity index (χ4v) is 5.43. The highest BCUT2D eigenvalue weighted by Crippen LogP contribution is 2.48. The minimum atomic E-state index is 0.0860. The van der Waals surface area contributed by atoms with Crippen LogP contribution in [0.5, 0.6) is 11.5 Å². The molecule has 2 aliphatic rings. The van der Waals surface area contributed by atoms with Crippen molar-refractivity contribution in [2.45, 2.75) is 32.6 Å². The van der Waals surface area contributed by atoms with Crippen LogP contribution in [-0.2, 0) is 0 Å². The lowest BCUT2D eigenvalue weighted by atomic mass is 9.72. The van der Waals surface area contributed by atoms with Gasteiger partial charge in [0.25, 0.3) is 0 Å². The van der Waals surface area contributed by atoms with Crippen molar-refractivity contribution in [3.8, 4) is 22.6 Å². The van der Waals surface area contributed by atoms with Crippen LogP contribution in [0.15, 0.2) is 72.8 Å². The van der Waals surface area contributed by atoms with Crippen molar-refractivity contribution < 1.29 is 9.47 Å². The van der Waals surface area contributed by atoms with Gasteiger partial charge in [-0.3, -0.25) is 0 Å². The summed E-state index contributed by atoms with van der Waals surface area (Å²) in [5.74, 6) is 2.74. The van der Waals surface area contributed by atoms with Gasteiger partial charge in [-0.05, 0) is 65.3 Å². The van der Waals surface area contributed by atoms with E-state index in [0.717, 1.165) is 41.8 Å². The van der Waals surface area contributed by atoms with Crippen molar-refractivity contribution in [3.63, 3.8) is 0 Å². The zero-order chi connectivity index (χ0) is 20.8. The maximum absolute atomic E-state index is 6.67. The SMILES string of the molecule is CC1CCC2(CC1)COc1ccc3ccccc3c1-c1c(ccc3ccccc13)OC2. The summed E-state index contributed by atoms with van der Waals surface area (Å²) in [6.07, 6.45) is 4.84. The Morgan fingerprint density at radius 2 is 1.13 bits per heavy atom.